The Morgan fingerprint density at radius 2 is 2.00 bits per heavy atom. The number of nitrogens with zero attached hydrogens (tertiary/aromatic N) is 1. The van der Waals surface area contributed by atoms with Gasteiger partial charge in [0.15, 0.2) is 0 Å². The minimum absolute atomic E-state index is 0.186. The molecule has 1 aromatic carbocycles. The number of hydrogen-bond acceptors (Lipinski definition) is 4. The Labute approximate surface area is 81.9 Å². The van der Waals surface area contributed by atoms with E-state index in [1.807, 2.05) is 24.3 Å². The summed E-state index contributed by atoms with van der Waals surface area (Å²) in [6.07, 6.45) is -0.755. The third-order valence-corrected chi connectivity index (χ3v) is 2.74. The fraction of sp³-hybridized carbons (Fsp3) is 0.400. The van der Waals surface area contributed by atoms with Gasteiger partial charge in [-0.15, -0.1) is 0 Å². The molecule has 0 aromatic heterocycles. The summed E-state index contributed by atoms with van der Waals surface area (Å²) in [4.78, 5) is 10.6. The molecule has 0 saturated carbocycles. The lowest BCUT2D eigenvalue weighted by Gasteiger charge is -2.15. The van der Waals surface area contributed by atoms with Crippen LogP contribution in [0.4, 0.5) is 0 Å². The number of benzene rings is 1. The maximum Gasteiger partial charge on any atom is 0.145 e. The van der Waals surface area contributed by atoms with Crippen LogP contribution in [0.25, 0.3) is 0 Å². The summed E-state index contributed by atoms with van der Waals surface area (Å²) in [5.41, 5.74) is 1.79. The Morgan fingerprint density at radius 3 is 2.57 bits per heavy atom. The lowest BCUT2D eigenvalue weighted by atomic mass is 10.1. The highest BCUT2D eigenvalue weighted by atomic mass is 16.3. The van der Waals surface area contributed by atoms with Gasteiger partial charge in [0.05, 0.1) is 6.04 Å². The molecule has 1 aromatic rings. The van der Waals surface area contributed by atoms with Crippen molar-refractivity contribution in [2.75, 3.05) is 7.05 Å². The molecular formula is C10H12N2O2. The van der Waals surface area contributed by atoms with E-state index in [1.54, 1.807) is 7.05 Å². The molecule has 0 radical (unpaired) electrons. The number of aliphatic hydroxyl groups is 1. The third-order valence-electron chi connectivity index (χ3n) is 2.74. The second-order valence-corrected chi connectivity index (χ2v) is 3.44. The molecule has 0 aliphatic heterocycles. The van der Waals surface area contributed by atoms with Gasteiger partial charge in [0.25, 0.3) is 0 Å². The Balaban J connectivity index is 2.50. The fourth-order valence-corrected chi connectivity index (χ4v) is 2.06. The molecule has 0 fully saturated rings. The van der Waals surface area contributed by atoms with Gasteiger partial charge in [0, 0.05) is 0 Å². The van der Waals surface area contributed by atoms with E-state index < -0.39 is 12.1 Å². The van der Waals surface area contributed by atoms with Gasteiger partial charge >= 0.3 is 0 Å². The van der Waals surface area contributed by atoms with Crippen molar-refractivity contribution in [1.82, 2.24) is 5.32 Å². The van der Waals surface area contributed by atoms with Crippen LogP contribution in [0, 0.1) is 4.91 Å². The Morgan fingerprint density at radius 1 is 1.36 bits per heavy atom. The summed E-state index contributed by atoms with van der Waals surface area (Å²) >= 11 is 0. The van der Waals surface area contributed by atoms with E-state index in [0.29, 0.717) is 0 Å². The van der Waals surface area contributed by atoms with Crippen LogP contribution in [0.3, 0.4) is 0 Å². The van der Waals surface area contributed by atoms with Gasteiger partial charge in [-0.2, -0.15) is 4.91 Å². The van der Waals surface area contributed by atoms with E-state index in [4.69, 9.17) is 0 Å². The molecule has 1 aliphatic carbocycles. The second kappa shape index (κ2) is 3.48. The summed E-state index contributed by atoms with van der Waals surface area (Å²) in [7, 11) is 1.76. The molecule has 2 rings (SSSR count). The van der Waals surface area contributed by atoms with Crippen molar-refractivity contribution in [3.05, 3.63) is 40.3 Å². The van der Waals surface area contributed by atoms with Gasteiger partial charge in [-0.3, -0.25) is 0 Å². The predicted molar refractivity (Wildman–Crippen MR) is 52.8 cm³/mol. The first-order chi connectivity index (χ1) is 6.79. The summed E-state index contributed by atoms with van der Waals surface area (Å²) in [5.74, 6) is 0. The number of likely N-dealkylation sites (N-methyl/N-ethyl adjacent to an activating group) is 1. The van der Waals surface area contributed by atoms with Crippen molar-refractivity contribution in [1.29, 1.82) is 0 Å². The number of nitrogens with one attached hydrogen (secondary N) is 1. The van der Waals surface area contributed by atoms with Crippen molar-refractivity contribution < 1.29 is 5.11 Å². The minimum atomic E-state index is -0.755. The van der Waals surface area contributed by atoms with Gasteiger partial charge in [-0.25, -0.2) is 0 Å². The molecule has 4 nitrogen and oxygen atoms in total. The number of aliphatic hydroxyl groups excluding tert-OH is 1. The maximum atomic E-state index is 10.6. The van der Waals surface area contributed by atoms with E-state index in [-0.39, 0.29) is 6.04 Å². The average molecular weight is 192 g/mol. The van der Waals surface area contributed by atoms with Crippen molar-refractivity contribution in [2.24, 2.45) is 5.18 Å². The van der Waals surface area contributed by atoms with Crippen molar-refractivity contribution in [3.63, 3.8) is 0 Å². The van der Waals surface area contributed by atoms with Gasteiger partial charge in [0.2, 0.25) is 0 Å². The SMILES string of the molecule is CN[C@H]1c2ccccc2[C@@H](N=O)[C@H]1O. The highest BCUT2D eigenvalue weighted by Crippen LogP contribution is 2.40. The number of fused-ring (bicyclic) bond motifs is 1. The largest absolute Gasteiger partial charge is 0.388 e. The van der Waals surface area contributed by atoms with Crippen LogP contribution in [-0.2, 0) is 0 Å². The molecular weight excluding hydrogens is 180 g/mol. The van der Waals surface area contributed by atoms with Crippen molar-refractivity contribution in [2.45, 2.75) is 18.2 Å². The average Bonchev–Trinajstić information content (AvgIpc) is 2.49. The number of nitroso groups, excluding NO2 is 1. The highest BCUT2D eigenvalue weighted by Gasteiger charge is 2.39. The minimum Gasteiger partial charge on any atom is -0.388 e. The molecule has 0 heterocycles. The highest BCUT2D eigenvalue weighted by molar-refractivity contribution is 5.39. The van der Waals surface area contributed by atoms with Crippen LogP contribution in [0.2, 0.25) is 0 Å². The predicted octanol–water partition coefficient (Wildman–Crippen LogP) is 1.13. The van der Waals surface area contributed by atoms with Crippen LogP contribution in [-0.4, -0.2) is 18.3 Å². The van der Waals surface area contributed by atoms with Crippen molar-refractivity contribution in [3.8, 4) is 0 Å². The van der Waals surface area contributed by atoms with Crippen LogP contribution in [0.1, 0.15) is 23.2 Å². The van der Waals surface area contributed by atoms with Gasteiger partial charge in [-0.1, -0.05) is 29.4 Å². The second-order valence-electron chi connectivity index (χ2n) is 3.44. The first-order valence-electron chi connectivity index (χ1n) is 4.56. The summed E-state index contributed by atoms with van der Waals surface area (Å²) in [6, 6.07) is 6.66. The van der Waals surface area contributed by atoms with Gasteiger partial charge < -0.3 is 10.4 Å². The zero-order valence-electron chi connectivity index (χ0n) is 7.84. The normalized spacial score (nSPS) is 30.0. The number of hydrogen-bond donors (Lipinski definition) is 2. The monoisotopic (exact) mass is 192 g/mol. The van der Waals surface area contributed by atoms with E-state index in [2.05, 4.69) is 10.5 Å². The molecule has 3 atom stereocenters. The van der Waals surface area contributed by atoms with Gasteiger partial charge in [0.1, 0.15) is 12.1 Å². The van der Waals surface area contributed by atoms with Crippen LogP contribution >= 0.6 is 0 Å². The lowest BCUT2D eigenvalue weighted by molar-refractivity contribution is 0.120. The molecule has 4 heteroatoms. The summed E-state index contributed by atoms with van der Waals surface area (Å²) in [6.45, 7) is 0. The molecule has 0 amide bonds. The zero-order valence-corrected chi connectivity index (χ0v) is 7.84. The molecule has 2 N–H and O–H groups in total. The quantitative estimate of drug-likeness (QED) is 0.690. The lowest BCUT2D eigenvalue weighted by Crippen LogP contribution is -2.26. The topological polar surface area (TPSA) is 61.7 Å². The summed E-state index contributed by atoms with van der Waals surface area (Å²) in [5, 5.41) is 15.8. The van der Waals surface area contributed by atoms with Gasteiger partial charge in [-0.05, 0) is 18.2 Å². The molecule has 1 aliphatic rings. The van der Waals surface area contributed by atoms with E-state index >= 15 is 0 Å². The summed E-state index contributed by atoms with van der Waals surface area (Å²) < 4.78 is 0. The van der Waals surface area contributed by atoms with E-state index in [1.165, 1.54) is 0 Å². The Kier molecular flexibility index (Phi) is 2.31. The standard InChI is InChI=1S/C10H12N2O2/c1-11-8-6-4-2-3-5-7(6)9(12-14)10(8)13/h2-5,8-11,13H,1H3/t8-,9+,10-/m0/s1. The molecule has 0 saturated heterocycles. The fourth-order valence-electron chi connectivity index (χ4n) is 2.06. The van der Waals surface area contributed by atoms with E-state index in [0.717, 1.165) is 11.1 Å². The molecule has 0 bridgehead atoms. The first-order valence-corrected chi connectivity index (χ1v) is 4.56. The molecule has 74 valence electrons. The zero-order chi connectivity index (χ0) is 10.1. The molecule has 0 spiro atoms. The number of rotatable bonds is 2. The maximum absolute atomic E-state index is 10.6. The van der Waals surface area contributed by atoms with Crippen LogP contribution in [0.15, 0.2) is 29.4 Å². The smallest absolute Gasteiger partial charge is 0.145 e. The van der Waals surface area contributed by atoms with Crippen LogP contribution in [0.5, 0.6) is 0 Å². The molecule has 14 heavy (non-hydrogen) atoms. The first kappa shape index (κ1) is 9.30. The Hall–Kier alpha value is -1.26. The molecule has 0 unspecified atom stereocenters. The van der Waals surface area contributed by atoms with E-state index in [9.17, 15) is 10.0 Å². The van der Waals surface area contributed by atoms with Crippen LogP contribution < -0.4 is 5.32 Å². The third kappa shape index (κ3) is 1.15. The van der Waals surface area contributed by atoms with Crippen molar-refractivity contribution >= 4 is 0 Å². The Bertz CT molecular complexity index is 354.